The Labute approximate surface area is 161 Å². The van der Waals surface area contributed by atoms with Crippen LogP contribution in [0.4, 0.5) is 5.69 Å². The summed E-state index contributed by atoms with van der Waals surface area (Å²) in [6.07, 6.45) is 1.55. The van der Waals surface area contributed by atoms with Gasteiger partial charge in [-0.15, -0.1) is 0 Å². The fourth-order valence-electron chi connectivity index (χ4n) is 2.86. The number of likely N-dealkylation sites (N-methyl/N-ethyl adjacent to an activating group) is 1. The monoisotopic (exact) mass is 434 g/mol. The Hall–Kier alpha value is -1.90. The zero-order valence-corrected chi connectivity index (χ0v) is 16.2. The van der Waals surface area contributed by atoms with Crippen molar-refractivity contribution in [2.24, 2.45) is 0 Å². The van der Waals surface area contributed by atoms with Crippen LogP contribution in [0.25, 0.3) is 5.57 Å². The first-order valence-corrected chi connectivity index (χ1v) is 9.37. The van der Waals surface area contributed by atoms with E-state index in [1.54, 1.807) is 30.3 Å². The van der Waals surface area contributed by atoms with Crippen molar-refractivity contribution in [3.8, 4) is 0 Å². The second-order valence-corrected chi connectivity index (χ2v) is 8.13. The van der Waals surface area contributed by atoms with E-state index in [9.17, 15) is 9.59 Å². The second-order valence-electron chi connectivity index (χ2n) is 5.57. The van der Waals surface area contributed by atoms with Crippen LogP contribution in [0.15, 0.2) is 50.4 Å². The van der Waals surface area contributed by atoms with Gasteiger partial charge in [0.1, 0.15) is 10.1 Å². The third-order valence-corrected chi connectivity index (χ3v) is 6.02. The quantitative estimate of drug-likeness (QED) is 0.531. The number of carbonyl (C=O) groups excluding carboxylic acids is 2. The van der Waals surface area contributed by atoms with E-state index in [-0.39, 0.29) is 18.4 Å². The molecule has 8 heteroatoms. The summed E-state index contributed by atoms with van der Waals surface area (Å²) in [6.45, 7) is 0.254. The highest BCUT2D eigenvalue weighted by molar-refractivity contribution is 9.10. The lowest BCUT2D eigenvalue weighted by atomic mass is 10.1. The highest BCUT2D eigenvalue weighted by Gasteiger charge is 2.41. The van der Waals surface area contributed by atoms with Gasteiger partial charge in [0.2, 0.25) is 0 Å². The Morgan fingerprint density at radius 3 is 2.76 bits per heavy atom. The number of nitrogens with zero attached hydrogens (tertiary/aromatic N) is 2. The molecule has 2 amide bonds. The average molecular weight is 435 g/mol. The maximum absolute atomic E-state index is 12.9. The van der Waals surface area contributed by atoms with E-state index in [4.69, 9.17) is 16.6 Å². The van der Waals surface area contributed by atoms with E-state index >= 15 is 0 Å². The van der Waals surface area contributed by atoms with Crippen LogP contribution in [0.5, 0.6) is 0 Å². The smallest absolute Gasteiger partial charge is 0.267 e. The molecule has 2 aliphatic heterocycles. The predicted octanol–water partition coefficient (Wildman–Crippen LogP) is 3.79. The Kier molecular flexibility index (Phi) is 4.05. The van der Waals surface area contributed by atoms with E-state index in [1.165, 1.54) is 4.90 Å². The van der Waals surface area contributed by atoms with Crippen molar-refractivity contribution in [1.82, 2.24) is 4.90 Å². The van der Waals surface area contributed by atoms with Crippen molar-refractivity contribution in [3.63, 3.8) is 0 Å². The number of furan rings is 1. The maximum Gasteiger partial charge on any atom is 0.267 e. The molecule has 0 radical (unpaired) electrons. The van der Waals surface area contributed by atoms with Gasteiger partial charge in [0.15, 0.2) is 0 Å². The largest absolute Gasteiger partial charge is 0.467 e. The van der Waals surface area contributed by atoms with Gasteiger partial charge in [-0.25, -0.2) is 0 Å². The van der Waals surface area contributed by atoms with E-state index in [0.29, 0.717) is 20.6 Å². The summed E-state index contributed by atoms with van der Waals surface area (Å²) in [5, 5.41) is 0. The SMILES string of the molecule is CN1C(=O)C(=C2SC(=S)N(Cc3ccco3)C2=O)c2cc(Br)ccc21. The van der Waals surface area contributed by atoms with Gasteiger partial charge >= 0.3 is 0 Å². The minimum absolute atomic E-state index is 0.202. The van der Waals surface area contributed by atoms with Crippen LogP contribution in [0.3, 0.4) is 0 Å². The standard InChI is InChI=1S/C17H11BrN2O3S2/c1-19-12-5-4-9(18)7-11(12)13(15(19)21)14-16(22)20(17(24)25-14)8-10-3-2-6-23-10/h2-7H,8H2,1H3. The van der Waals surface area contributed by atoms with Crippen LogP contribution < -0.4 is 4.90 Å². The lowest BCUT2D eigenvalue weighted by Crippen LogP contribution is -2.28. The minimum atomic E-state index is -0.268. The number of fused-ring (bicyclic) bond motifs is 1. The molecule has 0 unspecified atom stereocenters. The number of carbonyl (C=O) groups is 2. The zero-order chi connectivity index (χ0) is 17.7. The third-order valence-electron chi connectivity index (χ3n) is 4.08. The van der Waals surface area contributed by atoms with E-state index in [1.807, 2.05) is 18.2 Å². The number of anilines is 1. The molecule has 5 nitrogen and oxygen atoms in total. The normalized spacial score (nSPS) is 20.0. The Bertz CT molecular complexity index is 953. The summed E-state index contributed by atoms with van der Waals surface area (Å²) < 4.78 is 6.57. The van der Waals surface area contributed by atoms with Gasteiger partial charge in [-0.05, 0) is 30.3 Å². The summed E-state index contributed by atoms with van der Waals surface area (Å²) in [4.78, 5) is 29.0. The van der Waals surface area contributed by atoms with Crippen molar-refractivity contribution >= 4 is 67.3 Å². The van der Waals surface area contributed by atoms with Crippen LogP contribution in [0, 0.1) is 0 Å². The van der Waals surface area contributed by atoms with Crippen LogP contribution in [-0.4, -0.2) is 28.1 Å². The summed E-state index contributed by atoms with van der Waals surface area (Å²) in [7, 11) is 1.70. The average Bonchev–Trinajstić information content (AvgIpc) is 3.24. The topological polar surface area (TPSA) is 53.8 Å². The number of amides is 2. The van der Waals surface area contributed by atoms with Gasteiger partial charge in [0.25, 0.3) is 11.8 Å². The number of halogens is 1. The zero-order valence-electron chi connectivity index (χ0n) is 13.0. The van der Waals surface area contributed by atoms with Gasteiger partial charge in [-0.1, -0.05) is 39.9 Å². The molecule has 1 aromatic carbocycles. The minimum Gasteiger partial charge on any atom is -0.467 e. The van der Waals surface area contributed by atoms with E-state index in [0.717, 1.165) is 27.5 Å². The Balaban J connectivity index is 1.79. The van der Waals surface area contributed by atoms with Crippen LogP contribution in [0.1, 0.15) is 11.3 Å². The molecule has 0 atom stereocenters. The number of thioether (sulfide) groups is 1. The first kappa shape index (κ1) is 16.6. The highest BCUT2D eigenvalue weighted by Crippen LogP contribution is 2.45. The van der Waals surface area contributed by atoms with E-state index in [2.05, 4.69) is 15.9 Å². The lowest BCUT2D eigenvalue weighted by Gasteiger charge is -2.12. The van der Waals surface area contributed by atoms with Gasteiger partial charge in [-0.3, -0.25) is 14.5 Å². The lowest BCUT2D eigenvalue weighted by molar-refractivity contribution is -0.123. The summed E-state index contributed by atoms with van der Waals surface area (Å²) in [5.41, 5.74) is 1.91. The molecular formula is C17H11BrN2O3S2. The van der Waals surface area contributed by atoms with Crippen LogP contribution in [0.2, 0.25) is 0 Å². The molecule has 1 saturated heterocycles. The maximum atomic E-state index is 12.9. The molecule has 0 N–H and O–H groups in total. The van der Waals surface area contributed by atoms with Crippen molar-refractivity contribution in [3.05, 3.63) is 57.3 Å². The molecule has 0 saturated carbocycles. The van der Waals surface area contributed by atoms with Gasteiger partial charge < -0.3 is 9.32 Å². The van der Waals surface area contributed by atoms with Gasteiger partial charge in [0, 0.05) is 17.1 Å². The van der Waals surface area contributed by atoms with Crippen molar-refractivity contribution < 1.29 is 14.0 Å². The van der Waals surface area contributed by atoms with Crippen molar-refractivity contribution in [2.45, 2.75) is 6.54 Å². The molecule has 2 aliphatic rings. The fraction of sp³-hybridized carbons (Fsp3) is 0.118. The Morgan fingerprint density at radius 2 is 2.04 bits per heavy atom. The van der Waals surface area contributed by atoms with Crippen molar-refractivity contribution in [1.29, 1.82) is 0 Å². The molecule has 3 heterocycles. The van der Waals surface area contributed by atoms with Crippen LogP contribution >= 0.6 is 39.9 Å². The number of thiocarbonyl (C=S) groups is 1. The summed E-state index contributed by atoms with van der Waals surface area (Å²) >= 11 is 9.94. The molecule has 1 aromatic heterocycles. The highest BCUT2D eigenvalue weighted by atomic mass is 79.9. The molecule has 126 valence electrons. The molecule has 2 aromatic rings. The number of benzene rings is 1. The molecule has 0 spiro atoms. The summed E-state index contributed by atoms with van der Waals surface area (Å²) in [5.74, 6) is 0.170. The summed E-state index contributed by atoms with van der Waals surface area (Å²) in [6, 6.07) is 9.12. The fourth-order valence-corrected chi connectivity index (χ4v) is 4.54. The second kappa shape index (κ2) is 6.12. The van der Waals surface area contributed by atoms with Gasteiger partial charge in [-0.2, -0.15) is 0 Å². The molecule has 0 aliphatic carbocycles. The van der Waals surface area contributed by atoms with Crippen molar-refractivity contribution in [2.75, 3.05) is 11.9 Å². The van der Waals surface area contributed by atoms with E-state index < -0.39 is 0 Å². The first-order valence-electron chi connectivity index (χ1n) is 7.35. The molecule has 0 bridgehead atoms. The number of hydrogen-bond acceptors (Lipinski definition) is 5. The Morgan fingerprint density at radius 1 is 1.24 bits per heavy atom. The molecular weight excluding hydrogens is 424 g/mol. The molecule has 1 fully saturated rings. The third kappa shape index (κ3) is 2.65. The molecule has 25 heavy (non-hydrogen) atoms. The number of hydrogen-bond donors (Lipinski definition) is 0. The molecule has 4 rings (SSSR count). The van der Waals surface area contributed by atoms with Gasteiger partial charge in [0.05, 0.1) is 29.0 Å². The van der Waals surface area contributed by atoms with Crippen LogP contribution in [-0.2, 0) is 16.1 Å². The number of rotatable bonds is 2. The first-order chi connectivity index (χ1) is 12.0. The predicted molar refractivity (Wildman–Crippen MR) is 104 cm³/mol.